The molecule has 0 spiro atoms. The summed E-state index contributed by atoms with van der Waals surface area (Å²) in [6.45, 7) is 3.65. The molecule has 0 aliphatic heterocycles. The van der Waals surface area contributed by atoms with Crippen LogP contribution in [-0.2, 0) is 19.5 Å². The highest BCUT2D eigenvalue weighted by Crippen LogP contribution is 2.20. The van der Waals surface area contributed by atoms with Gasteiger partial charge in [0.25, 0.3) is 0 Å². The quantitative estimate of drug-likeness (QED) is 0.473. The first-order valence-electron chi connectivity index (χ1n) is 9.48. The Morgan fingerprint density at radius 3 is 2.68 bits per heavy atom. The number of aryl methyl sites for hydroxylation is 1. The zero-order valence-corrected chi connectivity index (χ0v) is 16.8. The van der Waals surface area contributed by atoms with Gasteiger partial charge in [0.05, 0.1) is 23.8 Å². The third-order valence-corrected chi connectivity index (χ3v) is 5.57. The van der Waals surface area contributed by atoms with Crippen molar-refractivity contribution in [1.29, 1.82) is 0 Å². The normalized spacial score (nSPS) is 12.2. The number of hydrogen-bond acceptors (Lipinski definition) is 4. The van der Waals surface area contributed by atoms with E-state index >= 15 is 0 Å². The lowest BCUT2D eigenvalue weighted by Crippen LogP contribution is -2.25. The molecule has 0 aliphatic rings. The average molecular weight is 389 g/mol. The average Bonchev–Trinajstić information content (AvgIpc) is 3.39. The van der Waals surface area contributed by atoms with Crippen molar-refractivity contribution < 1.29 is 0 Å². The van der Waals surface area contributed by atoms with Crippen molar-refractivity contribution in [2.45, 2.75) is 32.5 Å². The Morgan fingerprint density at radius 2 is 1.93 bits per heavy atom. The highest BCUT2D eigenvalue weighted by atomic mass is 32.1. The maximum Gasteiger partial charge on any atom is 0.0951 e. The summed E-state index contributed by atoms with van der Waals surface area (Å²) < 4.78 is 2.20. The summed E-state index contributed by atoms with van der Waals surface area (Å²) in [7, 11) is 0. The van der Waals surface area contributed by atoms with Crippen LogP contribution in [0.5, 0.6) is 0 Å². The Bertz CT molecular complexity index is 975. The second-order valence-electron chi connectivity index (χ2n) is 7.03. The fraction of sp³-hybridized carbons (Fsp3) is 0.217. The molecule has 0 fully saturated rings. The molecule has 4 nitrogen and oxygen atoms in total. The molecular weight excluding hydrogens is 364 g/mol. The van der Waals surface area contributed by atoms with Crippen LogP contribution >= 0.6 is 11.3 Å². The Morgan fingerprint density at radius 1 is 1.04 bits per heavy atom. The molecule has 0 amide bonds. The van der Waals surface area contributed by atoms with Crippen LogP contribution in [-0.4, -0.2) is 14.5 Å². The Balaban J connectivity index is 1.48. The Labute approximate surface area is 169 Å². The number of aromatic nitrogens is 3. The van der Waals surface area contributed by atoms with Gasteiger partial charge in [-0.15, -0.1) is 0 Å². The summed E-state index contributed by atoms with van der Waals surface area (Å²) in [5.41, 5.74) is 6.04. The molecule has 5 heteroatoms. The monoisotopic (exact) mass is 388 g/mol. The van der Waals surface area contributed by atoms with Gasteiger partial charge < -0.3 is 9.88 Å². The van der Waals surface area contributed by atoms with Crippen LogP contribution in [0.2, 0.25) is 0 Å². The summed E-state index contributed by atoms with van der Waals surface area (Å²) in [5, 5.41) is 8.04. The molecule has 142 valence electrons. The smallest absolute Gasteiger partial charge is 0.0951 e. The lowest BCUT2D eigenvalue weighted by Gasteiger charge is -2.19. The minimum Gasteiger partial charge on any atom is -0.329 e. The highest BCUT2D eigenvalue weighted by molar-refractivity contribution is 7.07. The van der Waals surface area contributed by atoms with Gasteiger partial charge in [0.2, 0.25) is 0 Å². The van der Waals surface area contributed by atoms with E-state index in [9.17, 15) is 0 Å². The molecular formula is C23H24N4S. The van der Waals surface area contributed by atoms with E-state index in [1.807, 2.05) is 24.8 Å². The number of hydrogen-bond donors (Lipinski definition) is 1. The zero-order chi connectivity index (χ0) is 19.2. The fourth-order valence-corrected chi connectivity index (χ4v) is 3.94. The van der Waals surface area contributed by atoms with Gasteiger partial charge in [0, 0.05) is 25.5 Å². The van der Waals surface area contributed by atoms with Gasteiger partial charge in [-0.1, -0.05) is 36.4 Å². The van der Waals surface area contributed by atoms with E-state index in [4.69, 9.17) is 0 Å². The fourth-order valence-electron chi connectivity index (χ4n) is 3.26. The minimum atomic E-state index is 0.162. The Kier molecular flexibility index (Phi) is 5.95. The molecule has 1 atom stereocenters. The maximum absolute atomic E-state index is 4.67. The van der Waals surface area contributed by atoms with E-state index in [0.717, 1.165) is 25.2 Å². The predicted octanol–water partition coefficient (Wildman–Crippen LogP) is 4.77. The van der Waals surface area contributed by atoms with Gasteiger partial charge in [0.1, 0.15) is 0 Å². The second kappa shape index (κ2) is 8.95. The van der Waals surface area contributed by atoms with Crippen molar-refractivity contribution in [2.24, 2.45) is 0 Å². The summed E-state index contributed by atoms with van der Waals surface area (Å²) >= 11 is 1.74. The standard InChI is InChI=1S/C23H24N4S/c1-18-7-8-22(25-12-18)23(11-20-9-10-28-16-20)26-14-21-13-24-17-27(21)15-19-5-3-2-4-6-19/h2-10,12-13,16-17,23,26H,11,14-15H2,1H3/t23-/m0/s1. The number of nitrogens with one attached hydrogen (secondary N) is 1. The molecule has 0 radical (unpaired) electrons. The molecule has 0 saturated carbocycles. The summed E-state index contributed by atoms with van der Waals surface area (Å²) in [6.07, 6.45) is 6.71. The number of pyridine rings is 1. The van der Waals surface area contributed by atoms with Gasteiger partial charge in [-0.25, -0.2) is 4.98 Å². The molecule has 28 heavy (non-hydrogen) atoms. The van der Waals surface area contributed by atoms with Crippen LogP contribution in [0.15, 0.2) is 78.0 Å². The van der Waals surface area contributed by atoms with E-state index < -0.39 is 0 Å². The van der Waals surface area contributed by atoms with E-state index in [-0.39, 0.29) is 6.04 Å². The van der Waals surface area contributed by atoms with Crippen LogP contribution < -0.4 is 5.32 Å². The van der Waals surface area contributed by atoms with Crippen LogP contribution in [0, 0.1) is 6.92 Å². The molecule has 0 bridgehead atoms. The number of benzene rings is 1. The molecule has 1 aromatic carbocycles. The van der Waals surface area contributed by atoms with Crippen molar-refractivity contribution in [3.8, 4) is 0 Å². The van der Waals surface area contributed by atoms with Crippen molar-refractivity contribution in [1.82, 2.24) is 19.9 Å². The Hall–Kier alpha value is -2.76. The van der Waals surface area contributed by atoms with Gasteiger partial charge in [0.15, 0.2) is 0 Å². The lowest BCUT2D eigenvalue weighted by atomic mass is 10.0. The molecule has 1 N–H and O–H groups in total. The first-order chi connectivity index (χ1) is 13.8. The molecule has 4 aromatic rings. The zero-order valence-electron chi connectivity index (χ0n) is 16.0. The van der Waals surface area contributed by atoms with Crippen LogP contribution in [0.3, 0.4) is 0 Å². The van der Waals surface area contributed by atoms with Crippen molar-refractivity contribution >= 4 is 11.3 Å². The van der Waals surface area contributed by atoms with E-state index in [2.05, 4.69) is 80.0 Å². The lowest BCUT2D eigenvalue weighted by molar-refractivity contribution is 0.505. The number of imidazole rings is 1. The molecule has 0 unspecified atom stereocenters. The van der Waals surface area contributed by atoms with Crippen molar-refractivity contribution in [3.05, 3.63) is 106 Å². The number of rotatable bonds is 8. The number of thiophene rings is 1. The van der Waals surface area contributed by atoms with Gasteiger partial charge in [-0.3, -0.25) is 4.98 Å². The van der Waals surface area contributed by atoms with Crippen LogP contribution in [0.25, 0.3) is 0 Å². The third-order valence-electron chi connectivity index (χ3n) is 4.84. The van der Waals surface area contributed by atoms with Crippen molar-refractivity contribution in [3.63, 3.8) is 0 Å². The topological polar surface area (TPSA) is 42.7 Å². The molecule has 3 heterocycles. The maximum atomic E-state index is 4.67. The van der Waals surface area contributed by atoms with Gasteiger partial charge in [-0.05, 0) is 52.9 Å². The number of nitrogens with zero attached hydrogens (tertiary/aromatic N) is 3. The van der Waals surface area contributed by atoms with E-state index in [1.54, 1.807) is 11.3 Å². The van der Waals surface area contributed by atoms with E-state index in [1.165, 1.54) is 22.4 Å². The molecule has 0 aliphatic carbocycles. The SMILES string of the molecule is Cc1ccc([C@H](Cc2ccsc2)NCc2cncn2Cc2ccccc2)nc1. The van der Waals surface area contributed by atoms with Crippen LogP contribution in [0.4, 0.5) is 0 Å². The summed E-state index contributed by atoms with van der Waals surface area (Å²) in [6, 6.07) is 17.1. The summed E-state index contributed by atoms with van der Waals surface area (Å²) in [4.78, 5) is 9.03. The molecule has 4 rings (SSSR count). The van der Waals surface area contributed by atoms with Gasteiger partial charge >= 0.3 is 0 Å². The summed E-state index contributed by atoms with van der Waals surface area (Å²) in [5.74, 6) is 0. The van der Waals surface area contributed by atoms with Gasteiger partial charge in [-0.2, -0.15) is 11.3 Å². The second-order valence-corrected chi connectivity index (χ2v) is 7.81. The molecule has 0 saturated heterocycles. The predicted molar refractivity (Wildman–Crippen MR) is 114 cm³/mol. The molecule has 3 aromatic heterocycles. The highest BCUT2D eigenvalue weighted by Gasteiger charge is 2.15. The van der Waals surface area contributed by atoms with E-state index in [0.29, 0.717) is 0 Å². The first kappa shape index (κ1) is 18.6. The first-order valence-corrected chi connectivity index (χ1v) is 10.4. The minimum absolute atomic E-state index is 0.162. The van der Waals surface area contributed by atoms with Crippen molar-refractivity contribution in [2.75, 3.05) is 0 Å². The largest absolute Gasteiger partial charge is 0.329 e. The third kappa shape index (κ3) is 4.74. The van der Waals surface area contributed by atoms with Crippen LogP contribution in [0.1, 0.15) is 34.1 Å².